The number of allylic oxidation sites excluding steroid dienone is 2. The van der Waals surface area contributed by atoms with E-state index in [4.69, 9.17) is 0 Å². The zero-order valence-corrected chi connectivity index (χ0v) is 12.5. The van der Waals surface area contributed by atoms with E-state index in [1.165, 1.54) is 51.6 Å². The van der Waals surface area contributed by atoms with Gasteiger partial charge in [-0.15, -0.1) is 0 Å². The SMILES string of the molecule is CCCCCC/C=C1/CC[C@H](CN2CCCC2)C1=O. The lowest BCUT2D eigenvalue weighted by Crippen LogP contribution is -2.28. The van der Waals surface area contributed by atoms with Crippen LogP contribution in [0.1, 0.15) is 64.7 Å². The van der Waals surface area contributed by atoms with Crippen LogP contribution in [-0.4, -0.2) is 30.3 Å². The number of carbonyl (C=O) groups excluding carboxylic acids is 1. The quantitative estimate of drug-likeness (QED) is 0.512. The summed E-state index contributed by atoms with van der Waals surface area (Å²) in [6.07, 6.45) is 13.3. The monoisotopic (exact) mass is 263 g/mol. The highest BCUT2D eigenvalue weighted by Crippen LogP contribution is 2.29. The van der Waals surface area contributed by atoms with Crippen LogP contribution in [0.2, 0.25) is 0 Å². The molecule has 2 rings (SSSR count). The molecule has 0 aromatic carbocycles. The van der Waals surface area contributed by atoms with E-state index in [0.717, 1.165) is 31.4 Å². The number of nitrogens with zero attached hydrogens (tertiary/aromatic N) is 1. The third-order valence-corrected chi connectivity index (χ3v) is 4.58. The molecule has 19 heavy (non-hydrogen) atoms. The van der Waals surface area contributed by atoms with Crippen LogP contribution in [-0.2, 0) is 4.79 Å². The van der Waals surface area contributed by atoms with E-state index >= 15 is 0 Å². The summed E-state index contributed by atoms with van der Waals surface area (Å²) in [4.78, 5) is 14.8. The predicted molar refractivity (Wildman–Crippen MR) is 80.2 cm³/mol. The van der Waals surface area contributed by atoms with E-state index in [0.29, 0.717) is 11.7 Å². The zero-order valence-electron chi connectivity index (χ0n) is 12.5. The summed E-state index contributed by atoms with van der Waals surface area (Å²) >= 11 is 0. The molecule has 0 N–H and O–H groups in total. The smallest absolute Gasteiger partial charge is 0.162 e. The lowest BCUT2D eigenvalue weighted by atomic mass is 10.0. The molecule has 0 bridgehead atoms. The second kappa shape index (κ2) is 7.84. The highest BCUT2D eigenvalue weighted by Gasteiger charge is 2.30. The van der Waals surface area contributed by atoms with Gasteiger partial charge in [0, 0.05) is 12.5 Å². The maximum Gasteiger partial charge on any atom is 0.162 e. The van der Waals surface area contributed by atoms with Crippen LogP contribution in [0.15, 0.2) is 11.6 Å². The second-order valence-corrected chi connectivity index (χ2v) is 6.19. The van der Waals surface area contributed by atoms with E-state index in [1.54, 1.807) is 0 Å². The van der Waals surface area contributed by atoms with Crippen LogP contribution in [0.3, 0.4) is 0 Å². The van der Waals surface area contributed by atoms with Crippen molar-refractivity contribution in [3.8, 4) is 0 Å². The van der Waals surface area contributed by atoms with E-state index < -0.39 is 0 Å². The number of Topliss-reactive ketones (excluding diaryl/α,β-unsaturated/α-hetero) is 1. The molecule has 0 unspecified atom stereocenters. The molecule has 0 radical (unpaired) electrons. The maximum atomic E-state index is 12.3. The Kier molecular flexibility index (Phi) is 6.09. The number of hydrogen-bond donors (Lipinski definition) is 0. The molecule has 1 aliphatic carbocycles. The molecule has 0 spiro atoms. The molecule has 2 aliphatic rings. The average Bonchev–Trinajstić information content (AvgIpc) is 3.03. The molecule has 2 fully saturated rings. The van der Waals surface area contributed by atoms with Crippen molar-refractivity contribution in [3.63, 3.8) is 0 Å². The highest BCUT2D eigenvalue weighted by atomic mass is 16.1. The van der Waals surface area contributed by atoms with Crippen molar-refractivity contribution in [2.24, 2.45) is 5.92 Å². The lowest BCUT2D eigenvalue weighted by molar-refractivity contribution is -0.118. The summed E-state index contributed by atoms with van der Waals surface area (Å²) in [7, 11) is 0. The minimum Gasteiger partial charge on any atom is -0.303 e. The molecular formula is C17H29NO. The molecule has 1 atom stereocenters. The minimum atomic E-state index is 0.306. The van der Waals surface area contributed by atoms with Gasteiger partial charge >= 0.3 is 0 Å². The van der Waals surface area contributed by atoms with Crippen LogP contribution in [0.25, 0.3) is 0 Å². The highest BCUT2D eigenvalue weighted by molar-refractivity contribution is 5.99. The predicted octanol–water partition coefficient (Wildman–Crippen LogP) is 3.96. The molecular weight excluding hydrogens is 234 g/mol. The second-order valence-electron chi connectivity index (χ2n) is 6.19. The maximum absolute atomic E-state index is 12.3. The molecule has 1 saturated heterocycles. The fourth-order valence-corrected chi connectivity index (χ4v) is 3.35. The molecule has 1 heterocycles. The van der Waals surface area contributed by atoms with Gasteiger partial charge in [0.1, 0.15) is 0 Å². The summed E-state index contributed by atoms with van der Waals surface area (Å²) in [5.74, 6) is 0.766. The number of likely N-dealkylation sites (tertiary alicyclic amines) is 1. The first-order chi connectivity index (χ1) is 9.31. The lowest BCUT2D eigenvalue weighted by Gasteiger charge is -2.18. The van der Waals surface area contributed by atoms with Gasteiger partial charge in [-0.3, -0.25) is 4.79 Å². The van der Waals surface area contributed by atoms with Gasteiger partial charge in [0.05, 0.1) is 0 Å². The Morgan fingerprint density at radius 2 is 2.00 bits per heavy atom. The van der Waals surface area contributed by atoms with Crippen molar-refractivity contribution in [2.45, 2.75) is 64.7 Å². The summed E-state index contributed by atoms with van der Waals surface area (Å²) < 4.78 is 0. The normalized spacial score (nSPS) is 26.7. The Labute approximate surface area is 118 Å². The van der Waals surface area contributed by atoms with Crippen LogP contribution in [0.4, 0.5) is 0 Å². The van der Waals surface area contributed by atoms with Crippen LogP contribution in [0, 0.1) is 5.92 Å². The van der Waals surface area contributed by atoms with Gasteiger partial charge in [0.15, 0.2) is 5.78 Å². The van der Waals surface area contributed by atoms with Crippen molar-refractivity contribution >= 4 is 5.78 Å². The summed E-state index contributed by atoms with van der Waals surface area (Å²) in [5, 5.41) is 0. The Morgan fingerprint density at radius 3 is 2.74 bits per heavy atom. The minimum absolute atomic E-state index is 0.306. The number of hydrogen-bond acceptors (Lipinski definition) is 2. The van der Waals surface area contributed by atoms with Crippen LogP contribution < -0.4 is 0 Å². The van der Waals surface area contributed by atoms with Gasteiger partial charge in [-0.05, 0) is 57.2 Å². The molecule has 1 aliphatic heterocycles. The van der Waals surface area contributed by atoms with E-state index in [-0.39, 0.29) is 0 Å². The molecule has 0 amide bonds. The van der Waals surface area contributed by atoms with Gasteiger partial charge in [-0.25, -0.2) is 0 Å². The summed E-state index contributed by atoms with van der Waals surface area (Å²) in [6, 6.07) is 0. The summed E-state index contributed by atoms with van der Waals surface area (Å²) in [6.45, 7) is 5.67. The third kappa shape index (κ3) is 4.45. The molecule has 0 aromatic heterocycles. The van der Waals surface area contributed by atoms with Crippen LogP contribution in [0.5, 0.6) is 0 Å². The third-order valence-electron chi connectivity index (χ3n) is 4.58. The first kappa shape index (κ1) is 14.8. The molecule has 2 nitrogen and oxygen atoms in total. The first-order valence-electron chi connectivity index (χ1n) is 8.27. The van der Waals surface area contributed by atoms with Crippen molar-refractivity contribution < 1.29 is 4.79 Å². The molecule has 2 heteroatoms. The number of rotatable bonds is 7. The van der Waals surface area contributed by atoms with Gasteiger partial charge in [0.2, 0.25) is 0 Å². The molecule has 0 aromatic rings. The Balaban J connectivity index is 1.72. The number of ketones is 1. The molecule has 1 saturated carbocycles. The molecule has 108 valence electrons. The topological polar surface area (TPSA) is 20.3 Å². The van der Waals surface area contributed by atoms with Crippen molar-refractivity contribution in [1.82, 2.24) is 4.90 Å². The average molecular weight is 263 g/mol. The zero-order chi connectivity index (χ0) is 13.5. The Morgan fingerprint density at radius 1 is 1.21 bits per heavy atom. The van der Waals surface area contributed by atoms with Crippen LogP contribution >= 0.6 is 0 Å². The van der Waals surface area contributed by atoms with E-state index in [9.17, 15) is 4.79 Å². The van der Waals surface area contributed by atoms with E-state index in [2.05, 4.69) is 17.9 Å². The van der Waals surface area contributed by atoms with Crippen molar-refractivity contribution in [2.75, 3.05) is 19.6 Å². The van der Waals surface area contributed by atoms with Crippen molar-refractivity contribution in [3.05, 3.63) is 11.6 Å². The Hall–Kier alpha value is -0.630. The Bertz CT molecular complexity index is 315. The number of unbranched alkanes of at least 4 members (excludes halogenated alkanes) is 4. The van der Waals surface area contributed by atoms with E-state index in [1.807, 2.05) is 0 Å². The van der Waals surface area contributed by atoms with Gasteiger partial charge < -0.3 is 4.90 Å². The van der Waals surface area contributed by atoms with Gasteiger partial charge in [0.25, 0.3) is 0 Å². The fraction of sp³-hybridized carbons (Fsp3) is 0.824. The standard InChI is InChI=1S/C17H29NO/c1-2-3-4-5-6-9-15-10-11-16(17(15)19)14-18-12-7-8-13-18/h9,16H,2-8,10-14H2,1H3/b15-9-/t16-/m1/s1. The van der Waals surface area contributed by atoms with Crippen molar-refractivity contribution in [1.29, 1.82) is 0 Å². The summed E-state index contributed by atoms with van der Waals surface area (Å²) in [5.41, 5.74) is 1.14. The fourth-order valence-electron chi connectivity index (χ4n) is 3.35. The van der Waals surface area contributed by atoms with Gasteiger partial charge in [-0.1, -0.05) is 32.3 Å². The number of carbonyl (C=O) groups is 1. The first-order valence-corrected chi connectivity index (χ1v) is 8.27. The largest absolute Gasteiger partial charge is 0.303 e. The van der Waals surface area contributed by atoms with Gasteiger partial charge in [-0.2, -0.15) is 0 Å².